The first-order valence-electron chi connectivity index (χ1n) is 7.43. The first-order valence-corrected chi connectivity index (χ1v) is 7.81. The Balaban J connectivity index is 1.88. The van der Waals surface area contributed by atoms with E-state index in [9.17, 15) is 0 Å². The Kier molecular flexibility index (Phi) is 5.53. The van der Waals surface area contributed by atoms with E-state index in [4.69, 9.17) is 11.6 Å². The van der Waals surface area contributed by atoms with Gasteiger partial charge in [-0.05, 0) is 37.0 Å². The second kappa shape index (κ2) is 7.16. The van der Waals surface area contributed by atoms with Crippen molar-refractivity contribution < 1.29 is 0 Å². The number of anilines is 1. The van der Waals surface area contributed by atoms with E-state index in [-0.39, 0.29) is 0 Å². The van der Waals surface area contributed by atoms with Crippen LogP contribution < -0.4 is 10.2 Å². The van der Waals surface area contributed by atoms with Crippen molar-refractivity contribution in [1.29, 1.82) is 0 Å². The summed E-state index contributed by atoms with van der Waals surface area (Å²) in [4.78, 5) is 2.29. The average molecular weight is 281 g/mol. The Bertz CT molecular complexity index is 402. The Morgan fingerprint density at radius 1 is 1.32 bits per heavy atom. The van der Waals surface area contributed by atoms with Crippen molar-refractivity contribution in [3.63, 3.8) is 0 Å². The zero-order valence-electron chi connectivity index (χ0n) is 12.1. The van der Waals surface area contributed by atoms with Gasteiger partial charge in [-0.3, -0.25) is 0 Å². The average Bonchev–Trinajstić information content (AvgIpc) is 3.21. The number of benzene rings is 1. The van der Waals surface area contributed by atoms with Crippen molar-refractivity contribution >= 4 is 17.3 Å². The molecule has 0 radical (unpaired) electrons. The third kappa shape index (κ3) is 4.70. The van der Waals surface area contributed by atoms with Gasteiger partial charge in [-0.15, -0.1) is 0 Å². The van der Waals surface area contributed by atoms with Crippen LogP contribution in [-0.2, 0) is 6.54 Å². The molecule has 0 heterocycles. The highest BCUT2D eigenvalue weighted by Gasteiger charge is 2.20. The van der Waals surface area contributed by atoms with Crippen molar-refractivity contribution in [1.82, 2.24) is 5.32 Å². The van der Waals surface area contributed by atoms with Gasteiger partial charge in [0.05, 0.1) is 0 Å². The van der Waals surface area contributed by atoms with Crippen LogP contribution in [0.3, 0.4) is 0 Å². The Morgan fingerprint density at radius 3 is 2.74 bits per heavy atom. The summed E-state index contributed by atoms with van der Waals surface area (Å²) in [5, 5.41) is 4.39. The molecule has 0 atom stereocenters. The summed E-state index contributed by atoms with van der Waals surface area (Å²) < 4.78 is 0. The number of hydrogen-bond donors (Lipinski definition) is 1. The van der Waals surface area contributed by atoms with Crippen LogP contribution in [0.5, 0.6) is 0 Å². The van der Waals surface area contributed by atoms with Crippen molar-refractivity contribution in [3.8, 4) is 0 Å². The third-order valence-corrected chi connectivity index (χ3v) is 4.08. The molecule has 0 aromatic heterocycles. The van der Waals surface area contributed by atoms with E-state index in [2.05, 4.69) is 42.4 Å². The second-order valence-electron chi connectivity index (χ2n) is 5.56. The van der Waals surface area contributed by atoms with Crippen LogP contribution in [0.25, 0.3) is 0 Å². The number of rotatable bonds is 8. The molecule has 1 saturated carbocycles. The number of nitrogens with one attached hydrogen (secondary N) is 1. The Labute approximate surface area is 122 Å². The van der Waals surface area contributed by atoms with E-state index in [1.807, 2.05) is 0 Å². The molecule has 1 fully saturated rings. The second-order valence-corrected chi connectivity index (χ2v) is 5.97. The molecule has 19 heavy (non-hydrogen) atoms. The maximum atomic E-state index is 6.37. The lowest BCUT2D eigenvalue weighted by Crippen LogP contribution is -2.19. The predicted octanol–water partition coefficient (Wildman–Crippen LogP) is 4.22. The summed E-state index contributed by atoms with van der Waals surface area (Å²) in [6, 6.07) is 7.16. The molecular weight excluding hydrogens is 256 g/mol. The summed E-state index contributed by atoms with van der Waals surface area (Å²) in [6.45, 7) is 4.23. The van der Waals surface area contributed by atoms with Crippen molar-refractivity contribution in [2.24, 2.45) is 0 Å². The fraction of sp³-hybridized carbons (Fsp3) is 0.625. The summed E-state index contributed by atoms with van der Waals surface area (Å²) in [5.74, 6) is 0. The summed E-state index contributed by atoms with van der Waals surface area (Å²) in [5.41, 5.74) is 2.43. The third-order valence-electron chi connectivity index (χ3n) is 3.73. The molecule has 3 heteroatoms. The van der Waals surface area contributed by atoms with Gasteiger partial charge in [0, 0.05) is 36.9 Å². The molecular formula is C16H25ClN2. The molecule has 1 aliphatic carbocycles. The van der Waals surface area contributed by atoms with Crippen molar-refractivity contribution in [2.75, 3.05) is 18.5 Å². The molecule has 0 amide bonds. The van der Waals surface area contributed by atoms with Gasteiger partial charge in [0.1, 0.15) is 0 Å². The molecule has 2 nitrogen and oxygen atoms in total. The van der Waals surface area contributed by atoms with Gasteiger partial charge in [-0.25, -0.2) is 0 Å². The van der Waals surface area contributed by atoms with Crippen LogP contribution in [-0.4, -0.2) is 19.6 Å². The highest BCUT2D eigenvalue weighted by Crippen LogP contribution is 2.25. The van der Waals surface area contributed by atoms with Gasteiger partial charge in [0.25, 0.3) is 0 Å². The molecule has 0 saturated heterocycles. The minimum absolute atomic E-state index is 0.729. The zero-order chi connectivity index (χ0) is 13.7. The van der Waals surface area contributed by atoms with Crippen molar-refractivity contribution in [3.05, 3.63) is 28.8 Å². The first kappa shape index (κ1) is 14.7. The molecule has 1 aliphatic rings. The normalized spacial score (nSPS) is 14.7. The Hall–Kier alpha value is -0.730. The topological polar surface area (TPSA) is 15.3 Å². The lowest BCUT2D eigenvalue weighted by Gasteiger charge is -2.20. The minimum Gasteiger partial charge on any atom is -0.375 e. The predicted molar refractivity (Wildman–Crippen MR) is 84.1 cm³/mol. The van der Waals surface area contributed by atoms with Gasteiger partial charge in [0.15, 0.2) is 0 Å². The van der Waals surface area contributed by atoms with E-state index in [0.29, 0.717) is 0 Å². The van der Waals surface area contributed by atoms with Crippen LogP contribution in [0.4, 0.5) is 5.69 Å². The van der Waals surface area contributed by atoms with Crippen LogP contribution in [0.2, 0.25) is 5.02 Å². The minimum atomic E-state index is 0.729. The highest BCUT2D eigenvalue weighted by atomic mass is 35.5. The number of halogens is 1. The molecule has 2 rings (SSSR count). The SMILES string of the molecule is CCCCCN(C)c1ccc(CNC2CC2)c(Cl)c1. The van der Waals surface area contributed by atoms with Gasteiger partial charge in [0.2, 0.25) is 0 Å². The lowest BCUT2D eigenvalue weighted by atomic mass is 10.1. The van der Waals surface area contributed by atoms with Crippen molar-refractivity contribution in [2.45, 2.75) is 51.6 Å². The standard InChI is InChI=1S/C16H25ClN2/c1-3-4-5-10-19(2)15-9-6-13(16(17)11-15)12-18-14-7-8-14/h6,9,11,14,18H,3-5,7-8,10,12H2,1-2H3. The van der Waals surface area contributed by atoms with Crippen LogP contribution in [0.1, 0.15) is 44.6 Å². The van der Waals surface area contributed by atoms with Gasteiger partial charge < -0.3 is 10.2 Å². The molecule has 0 unspecified atom stereocenters. The van der Waals surface area contributed by atoms with Gasteiger partial charge >= 0.3 is 0 Å². The Morgan fingerprint density at radius 2 is 2.11 bits per heavy atom. The number of hydrogen-bond acceptors (Lipinski definition) is 2. The maximum Gasteiger partial charge on any atom is 0.0471 e. The lowest BCUT2D eigenvalue weighted by molar-refractivity contribution is 0.687. The summed E-state index contributed by atoms with van der Waals surface area (Å²) in [7, 11) is 2.14. The first-order chi connectivity index (χ1) is 9.20. The van der Waals surface area contributed by atoms with E-state index in [0.717, 1.165) is 24.2 Å². The van der Waals surface area contributed by atoms with E-state index < -0.39 is 0 Å². The fourth-order valence-corrected chi connectivity index (χ4v) is 2.43. The molecule has 0 aliphatic heterocycles. The molecule has 1 aromatic rings. The molecule has 1 N–H and O–H groups in total. The zero-order valence-corrected chi connectivity index (χ0v) is 12.8. The van der Waals surface area contributed by atoms with Crippen LogP contribution in [0.15, 0.2) is 18.2 Å². The van der Waals surface area contributed by atoms with E-state index in [1.54, 1.807) is 0 Å². The van der Waals surface area contributed by atoms with E-state index >= 15 is 0 Å². The van der Waals surface area contributed by atoms with Gasteiger partial charge in [-0.1, -0.05) is 37.4 Å². The van der Waals surface area contributed by atoms with E-state index in [1.165, 1.54) is 43.4 Å². The fourth-order valence-electron chi connectivity index (χ4n) is 2.19. The highest BCUT2D eigenvalue weighted by molar-refractivity contribution is 6.31. The summed E-state index contributed by atoms with van der Waals surface area (Å²) in [6.07, 6.45) is 6.43. The maximum absolute atomic E-state index is 6.37. The molecule has 0 spiro atoms. The quantitative estimate of drug-likeness (QED) is 0.717. The largest absolute Gasteiger partial charge is 0.375 e. The monoisotopic (exact) mass is 280 g/mol. The van der Waals surface area contributed by atoms with Crippen LogP contribution in [0, 0.1) is 0 Å². The molecule has 1 aromatic carbocycles. The van der Waals surface area contributed by atoms with Crippen LogP contribution >= 0.6 is 11.6 Å². The van der Waals surface area contributed by atoms with Gasteiger partial charge in [-0.2, -0.15) is 0 Å². The smallest absolute Gasteiger partial charge is 0.0471 e. The molecule has 106 valence electrons. The number of nitrogens with zero attached hydrogens (tertiary/aromatic N) is 1. The summed E-state index contributed by atoms with van der Waals surface area (Å²) >= 11 is 6.37. The number of unbranched alkanes of at least 4 members (excludes halogenated alkanes) is 2. The molecule has 0 bridgehead atoms.